The van der Waals surface area contributed by atoms with Gasteiger partial charge < -0.3 is 21.0 Å². The first-order chi connectivity index (χ1) is 17.6. The number of carbonyl (C=O) groups is 2. The van der Waals surface area contributed by atoms with E-state index in [1.54, 1.807) is 30.3 Å². The molecule has 5 rings (SSSR count). The van der Waals surface area contributed by atoms with E-state index in [0.29, 0.717) is 18.5 Å². The molecule has 3 aromatic rings. The largest absolute Gasteiger partial charge is 0.351 e. The van der Waals surface area contributed by atoms with Gasteiger partial charge in [0.2, 0.25) is 5.91 Å². The van der Waals surface area contributed by atoms with Crippen molar-refractivity contribution in [2.45, 2.75) is 67.3 Å². The van der Waals surface area contributed by atoms with E-state index in [1.807, 2.05) is 18.2 Å². The fraction of sp³-hybridized carbons (Fsp3) is 0.393. The maximum atomic E-state index is 13.4. The van der Waals surface area contributed by atoms with Gasteiger partial charge in [-0.05, 0) is 61.1 Å². The first-order valence-corrected chi connectivity index (χ1v) is 14.6. The molecule has 194 valence electrons. The molecule has 0 saturated heterocycles. The van der Waals surface area contributed by atoms with Crippen LogP contribution in [0, 0.1) is 5.41 Å². The molecule has 0 atom stereocenters. The van der Waals surface area contributed by atoms with Crippen LogP contribution in [0.2, 0.25) is 0 Å². The summed E-state index contributed by atoms with van der Waals surface area (Å²) in [5.74, 6) is -0.522. The first kappa shape index (κ1) is 25.2. The Bertz CT molecular complexity index is 1460. The highest BCUT2D eigenvalue weighted by Gasteiger charge is 2.48. The lowest BCUT2D eigenvalue weighted by atomic mass is 9.88. The molecule has 4 N–H and O–H groups in total. The predicted octanol–water partition coefficient (Wildman–Crippen LogP) is 4.36. The van der Waals surface area contributed by atoms with Gasteiger partial charge in [0.25, 0.3) is 5.91 Å². The number of amides is 2. The minimum absolute atomic E-state index is 0.195. The van der Waals surface area contributed by atoms with Crippen molar-refractivity contribution in [3.8, 4) is 11.1 Å². The zero-order chi connectivity index (χ0) is 26.3. The van der Waals surface area contributed by atoms with E-state index in [9.17, 15) is 18.0 Å². The predicted molar refractivity (Wildman–Crippen MR) is 144 cm³/mol. The smallest absolute Gasteiger partial charge is 0.268 e. The minimum atomic E-state index is -3.27. The molecule has 2 aromatic carbocycles. The van der Waals surface area contributed by atoms with Crippen molar-refractivity contribution in [3.05, 3.63) is 54.2 Å². The Morgan fingerprint density at radius 1 is 0.892 bits per heavy atom. The van der Waals surface area contributed by atoms with Crippen molar-refractivity contribution in [1.29, 1.82) is 5.41 Å². The van der Waals surface area contributed by atoms with Crippen LogP contribution in [0.4, 0.5) is 0 Å². The lowest BCUT2D eigenvalue weighted by molar-refractivity contribution is -0.128. The van der Waals surface area contributed by atoms with Crippen LogP contribution >= 0.6 is 0 Å². The maximum absolute atomic E-state index is 13.4. The fourth-order valence-electron chi connectivity index (χ4n) is 5.13. The number of H-pyrrole nitrogens is 1. The Labute approximate surface area is 216 Å². The van der Waals surface area contributed by atoms with Gasteiger partial charge in [-0.25, -0.2) is 8.42 Å². The number of benzene rings is 2. The highest BCUT2D eigenvalue weighted by Crippen LogP contribution is 2.36. The molecule has 0 spiro atoms. The van der Waals surface area contributed by atoms with E-state index in [1.165, 1.54) is 12.5 Å². The van der Waals surface area contributed by atoms with Crippen LogP contribution in [-0.4, -0.2) is 48.8 Å². The van der Waals surface area contributed by atoms with Gasteiger partial charge in [0.15, 0.2) is 9.84 Å². The van der Waals surface area contributed by atoms with Crippen molar-refractivity contribution in [1.82, 2.24) is 15.6 Å². The van der Waals surface area contributed by atoms with Gasteiger partial charge in [0, 0.05) is 23.4 Å². The standard InChI is InChI=1S/C28H32N4O4S/c1-37(35,36)22-10-8-19(9-11-22)20-6-7-21-17-24(30-23(21)16-20)25(33)31-28(12-4-2-3-5-13-28)26(34)32-27(18-29)14-15-27/h6-11,16-18,29-30H,2-5,12-15H2,1H3,(H,31,33)(H,32,34). The molecule has 2 amide bonds. The zero-order valence-electron chi connectivity index (χ0n) is 20.9. The van der Waals surface area contributed by atoms with Gasteiger partial charge in [-0.3, -0.25) is 9.59 Å². The van der Waals surface area contributed by atoms with Crippen molar-refractivity contribution >= 4 is 38.8 Å². The quantitative estimate of drug-likeness (QED) is 0.272. The molecular weight excluding hydrogens is 488 g/mol. The third-order valence-corrected chi connectivity index (χ3v) is 8.78. The van der Waals surface area contributed by atoms with Crippen LogP contribution in [0.25, 0.3) is 22.0 Å². The molecule has 2 aliphatic rings. The summed E-state index contributed by atoms with van der Waals surface area (Å²) in [5.41, 5.74) is 1.36. The van der Waals surface area contributed by atoms with E-state index < -0.39 is 20.9 Å². The lowest BCUT2D eigenvalue weighted by Crippen LogP contribution is -2.61. The van der Waals surface area contributed by atoms with Crippen LogP contribution in [-0.2, 0) is 14.6 Å². The molecule has 0 radical (unpaired) electrons. The monoisotopic (exact) mass is 520 g/mol. The molecule has 2 aliphatic carbocycles. The molecule has 37 heavy (non-hydrogen) atoms. The van der Waals surface area contributed by atoms with E-state index in [4.69, 9.17) is 5.41 Å². The van der Waals surface area contributed by atoms with E-state index >= 15 is 0 Å². The summed E-state index contributed by atoms with van der Waals surface area (Å²) >= 11 is 0. The summed E-state index contributed by atoms with van der Waals surface area (Å²) in [6.45, 7) is 0. The fourth-order valence-corrected chi connectivity index (χ4v) is 5.77. The molecule has 0 aliphatic heterocycles. The molecule has 1 heterocycles. The van der Waals surface area contributed by atoms with Crippen molar-refractivity contribution in [3.63, 3.8) is 0 Å². The Morgan fingerprint density at radius 3 is 2.14 bits per heavy atom. The zero-order valence-corrected chi connectivity index (χ0v) is 21.7. The molecule has 0 bridgehead atoms. The molecule has 2 fully saturated rings. The summed E-state index contributed by atoms with van der Waals surface area (Å²) in [5, 5.41) is 14.7. The molecular formula is C28H32N4O4S. The van der Waals surface area contributed by atoms with Crippen LogP contribution < -0.4 is 10.6 Å². The number of nitrogens with one attached hydrogen (secondary N) is 4. The molecule has 2 saturated carbocycles. The SMILES string of the molecule is CS(=O)(=O)c1ccc(-c2ccc3cc(C(=O)NC4(C(=O)NC5(C=N)CC5)CCCCCC4)[nH]c3c2)cc1. The van der Waals surface area contributed by atoms with Crippen molar-refractivity contribution in [2.75, 3.05) is 6.26 Å². The highest BCUT2D eigenvalue weighted by atomic mass is 32.2. The maximum Gasteiger partial charge on any atom is 0.268 e. The summed E-state index contributed by atoms with van der Waals surface area (Å²) < 4.78 is 23.5. The topological polar surface area (TPSA) is 132 Å². The Balaban J connectivity index is 1.39. The second-order valence-electron chi connectivity index (χ2n) is 10.5. The van der Waals surface area contributed by atoms with Gasteiger partial charge in [-0.2, -0.15) is 0 Å². The number of sulfone groups is 1. The second kappa shape index (κ2) is 9.45. The number of rotatable bonds is 7. The number of aromatic amines is 1. The summed E-state index contributed by atoms with van der Waals surface area (Å²) in [6, 6.07) is 14.3. The minimum Gasteiger partial charge on any atom is -0.351 e. The van der Waals surface area contributed by atoms with Gasteiger partial charge in [-0.15, -0.1) is 0 Å². The summed E-state index contributed by atoms with van der Waals surface area (Å²) in [6.07, 6.45) is 8.93. The van der Waals surface area contributed by atoms with Gasteiger partial charge in [-0.1, -0.05) is 49.9 Å². The Kier molecular flexibility index (Phi) is 6.43. The highest BCUT2D eigenvalue weighted by molar-refractivity contribution is 7.90. The van der Waals surface area contributed by atoms with Gasteiger partial charge in [0.05, 0.1) is 10.4 Å². The normalized spacial score (nSPS) is 18.5. The lowest BCUT2D eigenvalue weighted by Gasteiger charge is -2.33. The number of aromatic nitrogens is 1. The third kappa shape index (κ3) is 5.18. The Morgan fingerprint density at radius 2 is 1.54 bits per heavy atom. The van der Waals surface area contributed by atoms with Crippen LogP contribution in [0.5, 0.6) is 0 Å². The molecule has 0 unspecified atom stereocenters. The third-order valence-electron chi connectivity index (χ3n) is 7.65. The average molecular weight is 521 g/mol. The number of hydrogen-bond acceptors (Lipinski definition) is 5. The first-order valence-electron chi connectivity index (χ1n) is 12.7. The summed E-state index contributed by atoms with van der Waals surface area (Å²) in [7, 11) is -3.27. The molecule has 8 nitrogen and oxygen atoms in total. The average Bonchev–Trinajstić information content (AvgIpc) is 3.58. The van der Waals surface area contributed by atoms with Crippen LogP contribution in [0.3, 0.4) is 0 Å². The van der Waals surface area contributed by atoms with Gasteiger partial charge >= 0.3 is 0 Å². The number of carbonyl (C=O) groups excluding carboxylic acids is 2. The van der Waals surface area contributed by atoms with Crippen molar-refractivity contribution < 1.29 is 18.0 Å². The van der Waals surface area contributed by atoms with Crippen molar-refractivity contribution in [2.24, 2.45) is 0 Å². The van der Waals surface area contributed by atoms with Crippen LogP contribution in [0.15, 0.2) is 53.4 Å². The summed E-state index contributed by atoms with van der Waals surface area (Å²) in [4.78, 5) is 30.3. The van der Waals surface area contributed by atoms with E-state index in [2.05, 4.69) is 15.6 Å². The number of fused-ring (bicyclic) bond motifs is 1. The van der Waals surface area contributed by atoms with E-state index in [-0.39, 0.29) is 16.7 Å². The van der Waals surface area contributed by atoms with Crippen LogP contribution in [0.1, 0.15) is 61.9 Å². The number of hydrogen-bond donors (Lipinski definition) is 4. The van der Waals surface area contributed by atoms with E-state index in [0.717, 1.165) is 60.6 Å². The molecule has 1 aromatic heterocycles. The Hall–Kier alpha value is -3.46. The second-order valence-corrected chi connectivity index (χ2v) is 12.5. The van der Waals surface area contributed by atoms with Gasteiger partial charge in [0.1, 0.15) is 11.2 Å². The molecule has 9 heteroatoms.